The van der Waals surface area contributed by atoms with Crippen molar-refractivity contribution in [3.05, 3.63) is 95.3 Å². The first-order valence-electron chi connectivity index (χ1n) is 12.1. The van der Waals surface area contributed by atoms with E-state index in [-0.39, 0.29) is 12.0 Å². The minimum atomic E-state index is -0.615. The summed E-state index contributed by atoms with van der Waals surface area (Å²) >= 11 is 0. The first-order valence-corrected chi connectivity index (χ1v) is 12.1. The molecule has 0 saturated carbocycles. The lowest BCUT2D eigenvalue weighted by Gasteiger charge is -2.22. The van der Waals surface area contributed by atoms with Crippen LogP contribution in [0.5, 0.6) is 0 Å². The lowest BCUT2D eigenvalue weighted by atomic mass is 10.0. The second-order valence-electron chi connectivity index (χ2n) is 9.42. The smallest absolute Gasteiger partial charge is 0.410 e. The van der Waals surface area contributed by atoms with Crippen molar-refractivity contribution in [3.8, 4) is 0 Å². The molecule has 2 amide bonds. The summed E-state index contributed by atoms with van der Waals surface area (Å²) in [5.41, 5.74) is 4.34. The van der Waals surface area contributed by atoms with Gasteiger partial charge in [-0.15, -0.1) is 0 Å². The number of rotatable bonds is 7. The van der Waals surface area contributed by atoms with E-state index >= 15 is 0 Å². The van der Waals surface area contributed by atoms with Crippen LogP contribution >= 0.6 is 0 Å². The molecule has 7 heteroatoms. The highest BCUT2D eigenvalue weighted by molar-refractivity contribution is 5.95. The highest BCUT2D eigenvalue weighted by atomic mass is 16.6. The van der Waals surface area contributed by atoms with Gasteiger partial charge in [-0.3, -0.25) is 9.78 Å². The van der Waals surface area contributed by atoms with Crippen molar-refractivity contribution in [2.24, 2.45) is 0 Å². The van der Waals surface area contributed by atoms with Gasteiger partial charge < -0.3 is 19.9 Å². The van der Waals surface area contributed by atoms with Gasteiger partial charge in [-0.05, 0) is 54.3 Å². The number of nitrogens with one attached hydrogen (secondary N) is 1. The van der Waals surface area contributed by atoms with Crippen LogP contribution < -0.4 is 5.32 Å². The van der Waals surface area contributed by atoms with E-state index in [0.717, 1.165) is 23.2 Å². The van der Waals surface area contributed by atoms with Gasteiger partial charge in [0.05, 0.1) is 13.1 Å². The predicted octanol–water partition coefficient (Wildman–Crippen LogP) is 4.28. The van der Waals surface area contributed by atoms with Crippen molar-refractivity contribution in [2.75, 3.05) is 31.5 Å². The Morgan fingerprint density at radius 1 is 1.06 bits per heavy atom. The van der Waals surface area contributed by atoms with Gasteiger partial charge in [0.25, 0.3) is 5.91 Å². The van der Waals surface area contributed by atoms with E-state index in [1.807, 2.05) is 60.4 Å². The van der Waals surface area contributed by atoms with Crippen LogP contribution in [0.15, 0.2) is 73.1 Å². The van der Waals surface area contributed by atoms with Gasteiger partial charge >= 0.3 is 6.09 Å². The van der Waals surface area contributed by atoms with Gasteiger partial charge in [0, 0.05) is 49.7 Å². The second-order valence-corrected chi connectivity index (χ2v) is 9.42. The predicted molar refractivity (Wildman–Crippen MR) is 134 cm³/mol. The minimum absolute atomic E-state index is 0.0346. The van der Waals surface area contributed by atoms with E-state index in [1.165, 1.54) is 5.56 Å². The third-order valence-electron chi connectivity index (χ3n) is 6.87. The maximum absolute atomic E-state index is 13.3. The molecule has 2 aliphatic heterocycles. The fourth-order valence-corrected chi connectivity index (χ4v) is 4.83. The molecule has 2 aromatic carbocycles. The number of anilines is 1. The molecule has 1 aromatic heterocycles. The zero-order valence-corrected chi connectivity index (χ0v) is 19.9. The van der Waals surface area contributed by atoms with E-state index < -0.39 is 5.60 Å². The van der Waals surface area contributed by atoms with Crippen molar-refractivity contribution in [2.45, 2.75) is 31.9 Å². The molecule has 2 aliphatic rings. The summed E-state index contributed by atoms with van der Waals surface area (Å²) in [5, 5.41) is 3.43. The largest absolute Gasteiger partial charge is 0.439 e. The van der Waals surface area contributed by atoms with Crippen LogP contribution in [0.1, 0.15) is 33.5 Å². The SMILES string of the molecule is Cc1ccc(C(=O)N2CC[C@@]3(CN(CCc4ccccc4)C(=O)O3)C2)cc1NCc1ccncc1. The Bertz CT molecular complexity index is 1200. The maximum Gasteiger partial charge on any atom is 0.410 e. The highest BCUT2D eigenvalue weighted by Crippen LogP contribution is 2.33. The first kappa shape index (κ1) is 22.9. The minimum Gasteiger partial charge on any atom is -0.439 e. The Morgan fingerprint density at radius 2 is 1.86 bits per heavy atom. The zero-order chi connectivity index (χ0) is 24.3. The Balaban J connectivity index is 1.21. The number of carbonyl (C=O) groups is 2. The van der Waals surface area contributed by atoms with Crippen LogP contribution in [-0.4, -0.2) is 58.6 Å². The molecule has 2 fully saturated rings. The molecule has 1 atom stereocenters. The molecule has 0 radical (unpaired) electrons. The number of pyridine rings is 1. The quantitative estimate of drug-likeness (QED) is 0.558. The van der Waals surface area contributed by atoms with Crippen molar-refractivity contribution in [1.29, 1.82) is 0 Å². The number of benzene rings is 2. The van der Waals surface area contributed by atoms with Crippen molar-refractivity contribution in [1.82, 2.24) is 14.8 Å². The van der Waals surface area contributed by atoms with Crippen molar-refractivity contribution in [3.63, 3.8) is 0 Å². The molecule has 0 unspecified atom stereocenters. The summed E-state index contributed by atoms with van der Waals surface area (Å²) in [7, 11) is 0. The number of nitrogens with zero attached hydrogens (tertiary/aromatic N) is 3. The first-order chi connectivity index (χ1) is 17.0. The molecule has 180 valence electrons. The number of aryl methyl sites for hydroxylation is 1. The van der Waals surface area contributed by atoms with Crippen LogP contribution in [0, 0.1) is 6.92 Å². The molecule has 3 heterocycles. The number of amides is 2. The Hall–Kier alpha value is -3.87. The molecule has 5 rings (SSSR count). The third-order valence-corrected chi connectivity index (χ3v) is 6.87. The van der Waals surface area contributed by atoms with Gasteiger partial charge in [0.15, 0.2) is 5.60 Å². The molecular formula is C28H30N4O3. The number of aromatic nitrogens is 1. The van der Waals surface area contributed by atoms with E-state index in [0.29, 0.717) is 44.7 Å². The Kier molecular flexibility index (Phi) is 6.40. The van der Waals surface area contributed by atoms with Gasteiger partial charge in [-0.2, -0.15) is 0 Å². The molecule has 3 aromatic rings. The molecule has 35 heavy (non-hydrogen) atoms. The lowest BCUT2D eigenvalue weighted by molar-refractivity contribution is 0.0553. The van der Waals surface area contributed by atoms with E-state index in [4.69, 9.17) is 4.74 Å². The van der Waals surface area contributed by atoms with Crippen LogP contribution in [0.4, 0.5) is 10.5 Å². The average molecular weight is 471 g/mol. The Labute approximate surface area is 205 Å². The number of hydrogen-bond acceptors (Lipinski definition) is 5. The van der Waals surface area contributed by atoms with E-state index in [2.05, 4.69) is 22.4 Å². The van der Waals surface area contributed by atoms with Crippen LogP contribution in [-0.2, 0) is 17.7 Å². The fourth-order valence-electron chi connectivity index (χ4n) is 4.83. The summed E-state index contributed by atoms with van der Waals surface area (Å²) in [6.07, 6.45) is 4.70. The van der Waals surface area contributed by atoms with Crippen molar-refractivity contribution >= 4 is 17.7 Å². The molecule has 1 spiro atoms. The maximum atomic E-state index is 13.3. The molecular weight excluding hydrogens is 440 g/mol. The average Bonchev–Trinajstić information content (AvgIpc) is 3.44. The number of carbonyl (C=O) groups excluding carboxylic acids is 2. The third kappa shape index (κ3) is 5.14. The molecule has 2 saturated heterocycles. The van der Waals surface area contributed by atoms with Crippen LogP contribution in [0.2, 0.25) is 0 Å². The van der Waals surface area contributed by atoms with E-state index in [9.17, 15) is 9.59 Å². The van der Waals surface area contributed by atoms with Crippen LogP contribution in [0.25, 0.3) is 0 Å². The summed E-state index contributed by atoms with van der Waals surface area (Å²) in [6, 6.07) is 19.8. The number of likely N-dealkylation sites (tertiary alicyclic amines) is 1. The second kappa shape index (κ2) is 9.78. The van der Waals surface area contributed by atoms with Gasteiger partial charge in [0.2, 0.25) is 0 Å². The molecule has 0 bridgehead atoms. The zero-order valence-electron chi connectivity index (χ0n) is 19.9. The topological polar surface area (TPSA) is 74.8 Å². The van der Waals surface area contributed by atoms with Crippen LogP contribution in [0.3, 0.4) is 0 Å². The number of ether oxygens (including phenoxy) is 1. The lowest BCUT2D eigenvalue weighted by Crippen LogP contribution is -2.39. The summed E-state index contributed by atoms with van der Waals surface area (Å²) in [6.45, 7) is 4.82. The standard InChI is InChI=1S/C28H30N4O3/c1-21-7-8-24(17-25(21)30-18-23-9-13-29-14-10-23)26(33)31-16-12-28(19-31)20-32(27(34)35-28)15-11-22-5-3-2-4-6-22/h2-10,13-14,17,30H,11-12,15-16,18-20H2,1H3/t28-/m0/s1. The van der Waals surface area contributed by atoms with Gasteiger partial charge in [-0.1, -0.05) is 36.4 Å². The summed E-state index contributed by atoms with van der Waals surface area (Å²) in [5.74, 6) is -0.0346. The molecule has 7 nitrogen and oxygen atoms in total. The Morgan fingerprint density at radius 3 is 2.66 bits per heavy atom. The summed E-state index contributed by atoms with van der Waals surface area (Å²) < 4.78 is 5.83. The fraction of sp³-hybridized carbons (Fsp3) is 0.321. The monoisotopic (exact) mass is 470 g/mol. The summed E-state index contributed by atoms with van der Waals surface area (Å²) in [4.78, 5) is 33.5. The molecule has 1 N–H and O–H groups in total. The van der Waals surface area contributed by atoms with E-state index in [1.54, 1.807) is 17.3 Å². The van der Waals surface area contributed by atoms with Crippen molar-refractivity contribution < 1.29 is 14.3 Å². The van der Waals surface area contributed by atoms with Gasteiger partial charge in [0.1, 0.15) is 0 Å². The highest BCUT2D eigenvalue weighted by Gasteiger charge is 2.50. The molecule has 0 aliphatic carbocycles. The number of hydrogen-bond donors (Lipinski definition) is 1. The normalized spacial score (nSPS) is 19.3. The van der Waals surface area contributed by atoms with Gasteiger partial charge in [-0.25, -0.2) is 4.79 Å².